The largest absolute Gasteiger partial charge is 0.308 e. The van der Waals surface area contributed by atoms with Crippen molar-refractivity contribution in [3.8, 4) is 0 Å². The third-order valence-corrected chi connectivity index (χ3v) is 5.53. The normalized spacial score (nSPS) is 11.4. The molecule has 0 unspecified atom stereocenters. The number of aromatic nitrogens is 1. The second-order valence-corrected chi connectivity index (χ2v) is 7.75. The first-order valence-electron chi connectivity index (χ1n) is 8.56. The number of rotatable bonds is 5. The van der Waals surface area contributed by atoms with Crippen LogP contribution in [0.15, 0.2) is 30.3 Å². The summed E-state index contributed by atoms with van der Waals surface area (Å²) >= 11 is 1.42. The fraction of sp³-hybridized carbons (Fsp3) is 0.300. The molecular weight excluding hydrogens is 368 g/mol. The summed E-state index contributed by atoms with van der Waals surface area (Å²) in [6.07, 6.45) is 0. The molecule has 1 amide bonds. The number of benzene rings is 2. The van der Waals surface area contributed by atoms with Gasteiger partial charge in [-0.25, -0.2) is 13.8 Å². The van der Waals surface area contributed by atoms with Gasteiger partial charge in [-0.2, -0.15) is 0 Å². The van der Waals surface area contributed by atoms with Crippen LogP contribution in [0.4, 0.5) is 13.9 Å². The molecule has 0 radical (unpaired) electrons. The van der Waals surface area contributed by atoms with E-state index in [0.717, 1.165) is 33.5 Å². The van der Waals surface area contributed by atoms with Crippen molar-refractivity contribution in [2.24, 2.45) is 0 Å². The number of hydrogen-bond donors (Lipinski definition) is 0. The highest BCUT2D eigenvalue weighted by Gasteiger charge is 2.23. The Balaban J connectivity index is 2.03. The zero-order valence-corrected chi connectivity index (χ0v) is 16.5. The first-order chi connectivity index (χ1) is 12.8. The number of hydrogen-bond acceptors (Lipinski definition) is 4. The molecule has 7 heteroatoms. The van der Waals surface area contributed by atoms with E-state index in [2.05, 4.69) is 4.98 Å². The lowest BCUT2D eigenvalue weighted by Crippen LogP contribution is -2.36. The van der Waals surface area contributed by atoms with Gasteiger partial charge >= 0.3 is 0 Å². The fourth-order valence-corrected chi connectivity index (χ4v) is 3.75. The van der Waals surface area contributed by atoms with Crippen molar-refractivity contribution in [2.45, 2.75) is 13.8 Å². The summed E-state index contributed by atoms with van der Waals surface area (Å²) in [5.41, 5.74) is 3.16. The van der Waals surface area contributed by atoms with Gasteiger partial charge in [0.2, 0.25) is 0 Å². The Morgan fingerprint density at radius 1 is 1.07 bits per heavy atom. The minimum Gasteiger partial charge on any atom is -0.308 e. The molecule has 3 rings (SSSR count). The van der Waals surface area contributed by atoms with Crippen molar-refractivity contribution >= 4 is 32.6 Å². The molecule has 0 N–H and O–H groups in total. The van der Waals surface area contributed by atoms with Crippen molar-refractivity contribution in [2.75, 3.05) is 32.1 Å². The Kier molecular flexibility index (Phi) is 5.53. The van der Waals surface area contributed by atoms with Gasteiger partial charge in [0.25, 0.3) is 5.91 Å². The van der Waals surface area contributed by atoms with E-state index >= 15 is 0 Å². The van der Waals surface area contributed by atoms with Gasteiger partial charge in [0.05, 0.1) is 10.2 Å². The van der Waals surface area contributed by atoms with Gasteiger partial charge in [-0.15, -0.1) is 0 Å². The molecule has 0 saturated heterocycles. The molecule has 0 atom stereocenters. The number of likely N-dealkylation sites (N-methyl/N-ethyl adjacent to an activating group) is 1. The van der Waals surface area contributed by atoms with E-state index in [1.165, 1.54) is 22.3 Å². The van der Waals surface area contributed by atoms with Gasteiger partial charge in [-0.1, -0.05) is 17.4 Å². The lowest BCUT2D eigenvalue weighted by atomic mass is 10.1. The maximum absolute atomic E-state index is 13.6. The highest BCUT2D eigenvalue weighted by atomic mass is 32.1. The third kappa shape index (κ3) is 3.99. The first-order valence-corrected chi connectivity index (χ1v) is 9.38. The van der Waals surface area contributed by atoms with E-state index in [1.54, 1.807) is 0 Å². The average Bonchev–Trinajstić information content (AvgIpc) is 3.05. The molecule has 142 valence electrons. The van der Waals surface area contributed by atoms with Crippen LogP contribution in [0, 0.1) is 25.5 Å². The number of halogens is 2. The van der Waals surface area contributed by atoms with Crippen LogP contribution in [0.2, 0.25) is 0 Å². The van der Waals surface area contributed by atoms with E-state index in [4.69, 9.17) is 0 Å². The summed E-state index contributed by atoms with van der Waals surface area (Å²) in [5.74, 6) is -2.41. The number of anilines is 1. The Bertz CT molecular complexity index is 1000. The summed E-state index contributed by atoms with van der Waals surface area (Å²) < 4.78 is 27.8. The molecule has 0 bridgehead atoms. The van der Waals surface area contributed by atoms with Crippen LogP contribution < -0.4 is 4.90 Å². The van der Waals surface area contributed by atoms with E-state index in [0.29, 0.717) is 18.2 Å². The number of carbonyl (C=O) groups is 1. The van der Waals surface area contributed by atoms with E-state index in [1.807, 2.05) is 45.0 Å². The summed E-state index contributed by atoms with van der Waals surface area (Å²) in [6.45, 7) is 5.03. The Hall–Kier alpha value is -2.38. The number of carbonyl (C=O) groups excluding carboxylic acids is 1. The smallest absolute Gasteiger partial charge is 0.260 e. The maximum atomic E-state index is 13.6. The molecule has 2 aromatic carbocycles. The van der Waals surface area contributed by atoms with Gasteiger partial charge in [0, 0.05) is 18.7 Å². The predicted octanol–water partition coefficient (Wildman–Crippen LogP) is 4.40. The molecule has 0 aliphatic carbocycles. The minimum atomic E-state index is -1.04. The van der Waals surface area contributed by atoms with Crippen LogP contribution in [0.1, 0.15) is 21.5 Å². The van der Waals surface area contributed by atoms with Crippen molar-refractivity contribution in [1.29, 1.82) is 0 Å². The maximum Gasteiger partial charge on any atom is 0.260 e. The Labute approximate surface area is 161 Å². The summed E-state index contributed by atoms with van der Waals surface area (Å²) in [7, 11) is 3.82. The van der Waals surface area contributed by atoms with E-state index < -0.39 is 17.5 Å². The zero-order chi connectivity index (χ0) is 19.7. The van der Waals surface area contributed by atoms with Gasteiger partial charge < -0.3 is 4.90 Å². The van der Waals surface area contributed by atoms with Crippen LogP contribution >= 0.6 is 11.3 Å². The SMILES string of the molecule is Cc1ccc2sc(N(CCN(C)C)C(=O)c3ccc(F)c(F)c3)nc2c1C. The molecule has 27 heavy (non-hydrogen) atoms. The van der Waals surface area contributed by atoms with Crippen LogP contribution in [-0.2, 0) is 0 Å². The molecular formula is C20H21F2N3OS. The van der Waals surface area contributed by atoms with Crippen molar-refractivity contribution in [3.05, 3.63) is 58.7 Å². The average molecular weight is 389 g/mol. The Morgan fingerprint density at radius 3 is 2.48 bits per heavy atom. The van der Waals surface area contributed by atoms with Gasteiger partial charge in [0.1, 0.15) is 0 Å². The molecule has 0 aliphatic heterocycles. The number of thiazole rings is 1. The lowest BCUT2D eigenvalue weighted by Gasteiger charge is -2.22. The van der Waals surface area contributed by atoms with Gasteiger partial charge in [0.15, 0.2) is 16.8 Å². The third-order valence-electron chi connectivity index (χ3n) is 4.49. The molecule has 4 nitrogen and oxygen atoms in total. The van der Waals surface area contributed by atoms with Crippen LogP contribution in [0.25, 0.3) is 10.2 Å². The second-order valence-electron chi connectivity index (χ2n) is 6.74. The summed E-state index contributed by atoms with van der Waals surface area (Å²) in [5, 5.41) is 0.551. The van der Waals surface area contributed by atoms with Crippen LogP contribution in [0.3, 0.4) is 0 Å². The molecule has 1 heterocycles. The zero-order valence-electron chi connectivity index (χ0n) is 15.7. The molecule has 1 aromatic heterocycles. The minimum absolute atomic E-state index is 0.0971. The molecule has 0 aliphatic rings. The van der Waals surface area contributed by atoms with E-state index in [9.17, 15) is 13.6 Å². The fourth-order valence-electron chi connectivity index (χ4n) is 2.70. The lowest BCUT2D eigenvalue weighted by molar-refractivity contribution is 0.0984. The number of aryl methyl sites for hydroxylation is 2. The van der Waals surface area contributed by atoms with Crippen molar-refractivity contribution in [1.82, 2.24) is 9.88 Å². The second kappa shape index (κ2) is 7.70. The number of nitrogens with zero attached hydrogens (tertiary/aromatic N) is 3. The van der Waals surface area contributed by atoms with Crippen molar-refractivity contribution in [3.63, 3.8) is 0 Å². The van der Waals surface area contributed by atoms with Gasteiger partial charge in [-0.3, -0.25) is 9.69 Å². The first kappa shape index (κ1) is 19.4. The van der Waals surface area contributed by atoms with Crippen LogP contribution in [-0.4, -0.2) is 43.0 Å². The monoisotopic (exact) mass is 389 g/mol. The topological polar surface area (TPSA) is 36.4 Å². The van der Waals surface area contributed by atoms with Gasteiger partial charge in [-0.05, 0) is 63.3 Å². The predicted molar refractivity (Wildman–Crippen MR) is 106 cm³/mol. The number of amides is 1. The highest BCUT2D eigenvalue weighted by molar-refractivity contribution is 7.22. The Morgan fingerprint density at radius 2 is 1.81 bits per heavy atom. The highest BCUT2D eigenvalue weighted by Crippen LogP contribution is 2.32. The standard InChI is InChI=1S/C20H21F2N3OS/c1-12-5-8-17-18(13(12)2)23-20(27-17)25(10-9-24(3)4)19(26)14-6-7-15(21)16(22)11-14/h5-8,11H,9-10H2,1-4H3. The summed E-state index contributed by atoms with van der Waals surface area (Å²) in [4.78, 5) is 21.2. The van der Waals surface area contributed by atoms with Crippen LogP contribution in [0.5, 0.6) is 0 Å². The molecule has 3 aromatic rings. The molecule has 0 saturated carbocycles. The van der Waals surface area contributed by atoms with Crippen molar-refractivity contribution < 1.29 is 13.6 Å². The number of fused-ring (bicyclic) bond motifs is 1. The summed E-state index contributed by atoms with van der Waals surface area (Å²) in [6, 6.07) is 7.22. The molecule has 0 spiro atoms. The molecule has 0 fully saturated rings. The quantitative estimate of drug-likeness (QED) is 0.649. The van der Waals surface area contributed by atoms with E-state index in [-0.39, 0.29) is 5.56 Å².